The second kappa shape index (κ2) is 4.23. The minimum Gasteiger partial charge on any atom is -0.325 e. The Labute approximate surface area is 86.5 Å². The van der Waals surface area contributed by atoms with Gasteiger partial charge < -0.3 is 5.73 Å². The van der Waals surface area contributed by atoms with Gasteiger partial charge >= 0.3 is 0 Å². The van der Waals surface area contributed by atoms with Crippen molar-refractivity contribution in [3.63, 3.8) is 0 Å². The topological polar surface area (TPSA) is 43.8 Å². The molecule has 0 fully saturated rings. The van der Waals surface area contributed by atoms with Gasteiger partial charge in [0.05, 0.1) is 5.69 Å². The Morgan fingerprint density at radius 3 is 2.83 bits per heavy atom. The highest BCUT2D eigenvalue weighted by Crippen LogP contribution is 2.08. The van der Waals surface area contributed by atoms with Crippen molar-refractivity contribution in [3.05, 3.63) is 15.5 Å². The minimum absolute atomic E-state index is 0.572. The molecule has 0 amide bonds. The molecule has 0 aliphatic carbocycles. The molecule has 1 rings (SSSR count). The Balaban J connectivity index is 2.81. The van der Waals surface area contributed by atoms with Crippen LogP contribution in [0.5, 0.6) is 0 Å². The van der Waals surface area contributed by atoms with Gasteiger partial charge in [0, 0.05) is 13.1 Å². The van der Waals surface area contributed by atoms with E-state index in [2.05, 4.69) is 41.5 Å². The Hall–Kier alpha value is -0.100. The van der Waals surface area contributed by atoms with E-state index in [0.717, 1.165) is 15.9 Å². The van der Waals surface area contributed by atoms with E-state index < -0.39 is 0 Å². The lowest BCUT2D eigenvalue weighted by Crippen LogP contribution is -2.12. The van der Waals surface area contributed by atoms with Crippen LogP contribution in [0.25, 0.3) is 0 Å². The Bertz CT molecular complexity index is 255. The highest BCUT2D eigenvalue weighted by Gasteiger charge is 2.05. The SMILES string of the molecule is CC(C)Cn1nc(I)cc1CN. The fourth-order valence-corrected chi connectivity index (χ4v) is 1.71. The minimum atomic E-state index is 0.572. The number of nitrogens with zero attached hydrogens (tertiary/aromatic N) is 2. The number of hydrogen-bond donors (Lipinski definition) is 1. The van der Waals surface area contributed by atoms with Crippen LogP contribution in [-0.2, 0) is 13.1 Å². The molecule has 3 nitrogen and oxygen atoms in total. The Kier molecular flexibility index (Phi) is 3.52. The molecule has 0 radical (unpaired) electrons. The zero-order chi connectivity index (χ0) is 9.14. The van der Waals surface area contributed by atoms with E-state index in [9.17, 15) is 0 Å². The molecule has 2 N–H and O–H groups in total. The molecule has 0 atom stereocenters. The van der Waals surface area contributed by atoms with Crippen LogP contribution in [0.4, 0.5) is 0 Å². The van der Waals surface area contributed by atoms with Gasteiger partial charge in [0.15, 0.2) is 0 Å². The number of halogens is 1. The van der Waals surface area contributed by atoms with E-state index in [0.29, 0.717) is 12.5 Å². The molecule has 0 unspecified atom stereocenters. The summed E-state index contributed by atoms with van der Waals surface area (Å²) in [6.45, 7) is 5.88. The van der Waals surface area contributed by atoms with Gasteiger partial charge in [0.25, 0.3) is 0 Å². The molecule has 0 saturated heterocycles. The monoisotopic (exact) mass is 279 g/mol. The summed E-state index contributed by atoms with van der Waals surface area (Å²) in [5.74, 6) is 0.617. The van der Waals surface area contributed by atoms with Crippen molar-refractivity contribution in [1.82, 2.24) is 9.78 Å². The fourth-order valence-electron chi connectivity index (χ4n) is 1.09. The van der Waals surface area contributed by atoms with E-state index in [-0.39, 0.29) is 0 Å². The number of aromatic nitrogens is 2. The molecule has 1 aromatic heterocycles. The van der Waals surface area contributed by atoms with E-state index in [4.69, 9.17) is 5.73 Å². The van der Waals surface area contributed by atoms with E-state index in [1.165, 1.54) is 0 Å². The molecular weight excluding hydrogens is 265 g/mol. The Morgan fingerprint density at radius 1 is 1.67 bits per heavy atom. The van der Waals surface area contributed by atoms with Crippen LogP contribution in [0.3, 0.4) is 0 Å². The lowest BCUT2D eigenvalue weighted by atomic mass is 10.2. The second-order valence-corrected chi connectivity index (χ2v) is 4.34. The van der Waals surface area contributed by atoms with E-state index in [1.54, 1.807) is 0 Å². The number of nitrogens with two attached hydrogens (primary N) is 1. The molecule has 4 heteroatoms. The zero-order valence-electron chi connectivity index (χ0n) is 7.42. The van der Waals surface area contributed by atoms with Crippen molar-refractivity contribution in [3.8, 4) is 0 Å². The van der Waals surface area contributed by atoms with Crippen LogP contribution in [0.15, 0.2) is 6.07 Å². The first-order valence-electron chi connectivity index (χ1n) is 4.05. The molecule has 1 heterocycles. The summed E-state index contributed by atoms with van der Waals surface area (Å²) in [7, 11) is 0. The Morgan fingerprint density at radius 2 is 2.33 bits per heavy atom. The highest BCUT2D eigenvalue weighted by molar-refractivity contribution is 14.1. The predicted octanol–water partition coefficient (Wildman–Crippen LogP) is 1.60. The van der Waals surface area contributed by atoms with Crippen molar-refractivity contribution < 1.29 is 0 Å². The van der Waals surface area contributed by atoms with Crippen molar-refractivity contribution >= 4 is 22.6 Å². The lowest BCUT2D eigenvalue weighted by Gasteiger charge is -2.07. The van der Waals surface area contributed by atoms with Crippen LogP contribution in [0.1, 0.15) is 19.5 Å². The van der Waals surface area contributed by atoms with Gasteiger partial charge in [-0.1, -0.05) is 13.8 Å². The maximum atomic E-state index is 5.58. The summed E-state index contributed by atoms with van der Waals surface area (Å²) in [6.07, 6.45) is 0. The quantitative estimate of drug-likeness (QED) is 0.854. The third kappa shape index (κ3) is 2.45. The van der Waals surface area contributed by atoms with Gasteiger partial charge in [0.2, 0.25) is 0 Å². The van der Waals surface area contributed by atoms with Gasteiger partial charge in [0.1, 0.15) is 3.70 Å². The maximum absolute atomic E-state index is 5.58. The number of hydrogen-bond acceptors (Lipinski definition) is 2. The molecule has 12 heavy (non-hydrogen) atoms. The average molecular weight is 279 g/mol. The molecule has 0 aromatic carbocycles. The molecule has 0 aliphatic heterocycles. The summed E-state index contributed by atoms with van der Waals surface area (Å²) in [6, 6.07) is 2.03. The van der Waals surface area contributed by atoms with Crippen LogP contribution in [0, 0.1) is 9.62 Å². The van der Waals surface area contributed by atoms with Crippen LogP contribution >= 0.6 is 22.6 Å². The third-order valence-corrected chi connectivity index (χ3v) is 2.11. The smallest absolute Gasteiger partial charge is 0.123 e. The van der Waals surface area contributed by atoms with E-state index in [1.807, 2.05) is 10.7 Å². The summed E-state index contributed by atoms with van der Waals surface area (Å²) in [5.41, 5.74) is 6.69. The standard InChI is InChI=1S/C8H14IN3/c1-6(2)5-12-7(4-10)3-8(9)11-12/h3,6H,4-5,10H2,1-2H3. The van der Waals surface area contributed by atoms with Gasteiger partial charge in [-0.2, -0.15) is 5.10 Å². The van der Waals surface area contributed by atoms with E-state index >= 15 is 0 Å². The molecule has 1 aromatic rings. The molecular formula is C8H14IN3. The largest absolute Gasteiger partial charge is 0.325 e. The van der Waals surface area contributed by atoms with Gasteiger partial charge in [-0.3, -0.25) is 4.68 Å². The highest BCUT2D eigenvalue weighted by atomic mass is 127. The average Bonchev–Trinajstić information content (AvgIpc) is 2.29. The summed E-state index contributed by atoms with van der Waals surface area (Å²) < 4.78 is 3.01. The molecule has 0 saturated carbocycles. The lowest BCUT2D eigenvalue weighted by molar-refractivity contribution is 0.467. The number of rotatable bonds is 3. The zero-order valence-corrected chi connectivity index (χ0v) is 9.58. The van der Waals surface area contributed by atoms with Gasteiger partial charge in [-0.05, 0) is 34.6 Å². The van der Waals surface area contributed by atoms with Crippen LogP contribution < -0.4 is 5.73 Å². The van der Waals surface area contributed by atoms with Gasteiger partial charge in [-0.25, -0.2) is 0 Å². The molecule has 68 valence electrons. The third-order valence-electron chi connectivity index (χ3n) is 1.58. The summed E-state index contributed by atoms with van der Waals surface area (Å²) in [5, 5.41) is 4.34. The maximum Gasteiger partial charge on any atom is 0.123 e. The first-order chi connectivity index (χ1) is 5.63. The molecule has 0 spiro atoms. The normalized spacial score (nSPS) is 11.1. The fraction of sp³-hybridized carbons (Fsp3) is 0.625. The van der Waals surface area contributed by atoms with Crippen molar-refractivity contribution in [2.75, 3.05) is 0 Å². The van der Waals surface area contributed by atoms with Crippen molar-refractivity contribution in [2.24, 2.45) is 11.7 Å². The first-order valence-corrected chi connectivity index (χ1v) is 5.13. The van der Waals surface area contributed by atoms with Gasteiger partial charge in [-0.15, -0.1) is 0 Å². The predicted molar refractivity (Wildman–Crippen MR) is 57.7 cm³/mol. The molecule has 0 aliphatic rings. The van der Waals surface area contributed by atoms with Crippen molar-refractivity contribution in [1.29, 1.82) is 0 Å². The summed E-state index contributed by atoms with van der Waals surface area (Å²) in [4.78, 5) is 0. The summed E-state index contributed by atoms with van der Waals surface area (Å²) >= 11 is 2.21. The first kappa shape index (κ1) is 9.98. The van der Waals surface area contributed by atoms with Crippen molar-refractivity contribution in [2.45, 2.75) is 26.9 Å². The van der Waals surface area contributed by atoms with Crippen LogP contribution in [0.2, 0.25) is 0 Å². The molecule has 0 bridgehead atoms. The van der Waals surface area contributed by atoms with Crippen LogP contribution in [-0.4, -0.2) is 9.78 Å². The second-order valence-electron chi connectivity index (χ2n) is 3.24.